The molecule has 0 aliphatic heterocycles. The van der Waals surface area contributed by atoms with Crippen LogP contribution in [0.1, 0.15) is 12.5 Å². The SMILES string of the molecule is CN(C)CCNC(C)(C(N)=O)c1ccc(F)cc1. The Hall–Kier alpha value is -1.46. The molecule has 0 aromatic heterocycles. The Morgan fingerprint density at radius 2 is 1.94 bits per heavy atom. The fourth-order valence-electron chi connectivity index (χ4n) is 1.64. The van der Waals surface area contributed by atoms with Crippen molar-refractivity contribution in [3.05, 3.63) is 35.6 Å². The van der Waals surface area contributed by atoms with Gasteiger partial charge in [0.2, 0.25) is 5.91 Å². The molecule has 1 unspecified atom stereocenters. The van der Waals surface area contributed by atoms with Crippen molar-refractivity contribution in [2.24, 2.45) is 5.73 Å². The van der Waals surface area contributed by atoms with Crippen LogP contribution < -0.4 is 11.1 Å². The van der Waals surface area contributed by atoms with E-state index in [9.17, 15) is 9.18 Å². The van der Waals surface area contributed by atoms with Crippen LogP contribution in [0.15, 0.2) is 24.3 Å². The second kappa shape index (κ2) is 5.93. The van der Waals surface area contributed by atoms with Gasteiger partial charge < -0.3 is 10.6 Å². The lowest BCUT2D eigenvalue weighted by atomic mass is 9.91. The van der Waals surface area contributed by atoms with Gasteiger partial charge in [-0.15, -0.1) is 0 Å². The molecule has 0 saturated carbocycles. The van der Waals surface area contributed by atoms with Gasteiger partial charge in [0.15, 0.2) is 0 Å². The molecular weight excluding hydrogens is 233 g/mol. The first-order valence-corrected chi connectivity index (χ1v) is 5.82. The lowest BCUT2D eigenvalue weighted by molar-refractivity contribution is -0.124. The fraction of sp³-hybridized carbons (Fsp3) is 0.462. The van der Waals surface area contributed by atoms with Crippen molar-refractivity contribution < 1.29 is 9.18 Å². The van der Waals surface area contributed by atoms with Gasteiger partial charge in [0.25, 0.3) is 0 Å². The van der Waals surface area contributed by atoms with E-state index in [1.165, 1.54) is 12.1 Å². The van der Waals surface area contributed by atoms with Gasteiger partial charge in [-0.3, -0.25) is 10.1 Å². The first-order valence-electron chi connectivity index (χ1n) is 5.82. The number of amides is 1. The number of nitrogens with zero attached hydrogens (tertiary/aromatic N) is 1. The standard InChI is InChI=1S/C13H20FN3O/c1-13(12(15)18,16-8-9-17(2)3)10-4-6-11(14)7-5-10/h4-7,16H,8-9H2,1-3H3,(H2,15,18). The third kappa shape index (κ3) is 3.51. The highest BCUT2D eigenvalue weighted by molar-refractivity contribution is 5.85. The molecule has 4 nitrogen and oxygen atoms in total. The Morgan fingerprint density at radius 3 is 2.39 bits per heavy atom. The highest BCUT2D eigenvalue weighted by atomic mass is 19.1. The van der Waals surface area contributed by atoms with Crippen LogP contribution in [0.3, 0.4) is 0 Å². The van der Waals surface area contributed by atoms with Crippen molar-refractivity contribution in [2.45, 2.75) is 12.5 Å². The minimum Gasteiger partial charge on any atom is -0.368 e. The fourth-order valence-corrected chi connectivity index (χ4v) is 1.64. The van der Waals surface area contributed by atoms with E-state index >= 15 is 0 Å². The van der Waals surface area contributed by atoms with Crippen molar-refractivity contribution in [1.29, 1.82) is 0 Å². The maximum atomic E-state index is 12.9. The van der Waals surface area contributed by atoms with Gasteiger partial charge in [-0.05, 0) is 38.7 Å². The summed E-state index contributed by atoms with van der Waals surface area (Å²) in [6.45, 7) is 3.10. The van der Waals surface area contributed by atoms with Gasteiger partial charge in [-0.2, -0.15) is 0 Å². The van der Waals surface area contributed by atoms with Gasteiger partial charge in [-0.1, -0.05) is 12.1 Å². The molecule has 1 aromatic rings. The molecule has 0 aliphatic carbocycles. The molecule has 0 aliphatic rings. The first-order chi connectivity index (χ1) is 8.36. The van der Waals surface area contributed by atoms with Gasteiger partial charge in [-0.25, -0.2) is 4.39 Å². The van der Waals surface area contributed by atoms with Crippen LogP contribution >= 0.6 is 0 Å². The predicted octanol–water partition coefficient (Wildman–Crippen LogP) is 0.677. The van der Waals surface area contributed by atoms with E-state index in [-0.39, 0.29) is 5.82 Å². The Bertz CT molecular complexity index is 405. The molecule has 1 rings (SSSR count). The zero-order chi connectivity index (χ0) is 13.8. The summed E-state index contributed by atoms with van der Waals surface area (Å²) in [7, 11) is 3.89. The van der Waals surface area contributed by atoms with E-state index in [4.69, 9.17) is 5.73 Å². The molecule has 1 amide bonds. The lowest BCUT2D eigenvalue weighted by Gasteiger charge is -2.28. The summed E-state index contributed by atoms with van der Waals surface area (Å²) >= 11 is 0. The number of nitrogens with one attached hydrogen (secondary N) is 1. The van der Waals surface area contributed by atoms with Crippen LogP contribution in [-0.2, 0) is 10.3 Å². The average molecular weight is 253 g/mol. The Balaban J connectivity index is 2.86. The van der Waals surface area contributed by atoms with Crippen molar-refractivity contribution in [3.8, 4) is 0 Å². The normalized spacial score (nSPS) is 14.5. The maximum absolute atomic E-state index is 12.9. The lowest BCUT2D eigenvalue weighted by Crippen LogP contribution is -2.51. The third-order valence-corrected chi connectivity index (χ3v) is 2.95. The van der Waals surface area contributed by atoms with Crippen LogP contribution in [-0.4, -0.2) is 38.0 Å². The summed E-state index contributed by atoms with van der Waals surface area (Å²) in [5.41, 5.74) is 5.13. The van der Waals surface area contributed by atoms with Crippen LogP contribution in [0.2, 0.25) is 0 Å². The molecule has 0 radical (unpaired) electrons. The first kappa shape index (κ1) is 14.6. The molecule has 1 aromatic carbocycles. The number of likely N-dealkylation sites (N-methyl/N-ethyl adjacent to an activating group) is 1. The summed E-state index contributed by atoms with van der Waals surface area (Å²) in [5.74, 6) is -0.813. The maximum Gasteiger partial charge on any atom is 0.242 e. The number of rotatable bonds is 6. The minimum absolute atomic E-state index is 0.334. The zero-order valence-corrected chi connectivity index (χ0v) is 11.0. The number of carbonyl (C=O) groups is 1. The molecule has 5 heteroatoms. The van der Waals surface area contributed by atoms with Gasteiger partial charge in [0.05, 0.1) is 0 Å². The van der Waals surface area contributed by atoms with Crippen LogP contribution in [0.4, 0.5) is 4.39 Å². The predicted molar refractivity (Wildman–Crippen MR) is 69.5 cm³/mol. The second-order valence-electron chi connectivity index (χ2n) is 4.73. The number of primary amides is 1. The van der Waals surface area contributed by atoms with E-state index in [0.717, 1.165) is 6.54 Å². The Labute approximate surface area is 107 Å². The van der Waals surface area contributed by atoms with Crippen molar-refractivity contribution in [2.75, 3.05) is 27.2 Å². The molecule has 0 heterocycles. The number of carbonyl (C=O) groups excluding carboxylic acids is 1. The van der Waals surface area contributed by atoms with Gasteiger partial charge in [0, 0.05) is 13.1 Å². The van der Waals surface area contributed by atoms with Gasteiger partial charge in [0.1, 0.15) is 11.4 Å². The molecule has 1 atom stereocenters. The third-order valence-electron chi connectivity index (χ3n) is 2.95. The van der Waals surface area contributed by atoms with E-state index in [1.807, 2.05) is 19.0 Å². The molecule has 18 heavy (non-hydrogen) atoms. The molecular formula is C13H20FN3O. The molecule has 0 bridgehead atoms. The van der Waals surface area contributed by atoms with Crippen molar-refractivity contribution >= 4 is 5.91 Å². The average Bonchev–Trinajstić information content (AvgIpc) is 2.28. The topological polar surface area (TPSA) is 58.4 Å². The molecule has 0 saturated heterocycles. The molecule has 100 valence electrons. The van der Waals surface area contributed by atoms with E-state index in [2.05, 4.69) is 5.32 Å². The second-order valence-corrected chi connectivity index (χ2v) is 4.73. The molecule has 0 spiro atoms. The van der Waals surface area contributed by atoms with Crippen molar-refractivity contribution in [3.63, 3.8) is 0 Å². The monoisotopic (exact) mass is 253 g/mol. The zero-order valence-electron chi connectivity index (χ0n) is 11.0. The van der Waals surface area contributed by atoms with Crippen molar-refractivity contribution in [1.82, 2.24) is 10.2 Å². The summed E-state index contributed by atoms with van der Waals surface area (Å²) in [6, 6.07) is 5.79. The minimum atomic E-state index is -0.982. The molecule has 3 N–H and O–H groups in total. The Kier molecular flexibility index (Phi) is 4.81. The van der Waals surface area contributed by atoms with Crippen LogP contribution in [0.25, 0.3) is 0 Å². The number of nitrogens with two attached hydrogens (primary N) is 1. The number of halogens is 1. The summed E-state index contributed by atoms with van der Waals surface area (Å²) in [4.78, 5) is 13.6. The quantitative estimate of drug-likeness (QED) is 0.783. The number of benzene rings is 1. The Morgan fingerprint density at radius 1 is 1.39 bits per heavy atom. The summed E-state index contributed by atoms with van der Waals surface area (Å²) in [5, 5.41) is 3.12. The highest BCUT2D eigenvalue weighted by Gasteiger charge is 2.32. The number of hydrogen-bond donors (Lipinski definition) is 2. The summed E-state index contributed by atoms with van der Waals surface area (Å²) in [6.07, 6.45) is 0. The summed E-state index contributed by atoms with van der Waals surface area (Å²) < 4.78 is 12.9. The highest BCUT2D eigenvalue weighted by Crippen LogP contribution is 2.20. The van der Waals surface area contributed by atoms with Crippen LogP contribution in [0, 0.1) is 5.82 Å². The van der Waals surface area contributed by atoms with Crippen LogP contribution in [0.5, 0.6) is 0 Å². The molecule has 0 fully saturated rings. The van der Waals surface area contributed by atoms with E-state index in [0.29, 0.717) is 12.1 Å². The number of hydrogen-bond acceptors (Lipinski definition) is 3. The largest absolute Gasteiger partial charge is 0.368 e. The smallest absolute Gasteiger partial charge is 0.242 e. The van der Waals surface area contributed by atoms with E-state index in [1.54, 1.807) is 19.1 Å². The van der Waals surface area contributed by atoms with Gasteiger partial charge >= 0.3 is 0 Å². The van der Waals surface area contributed by atoms with E-state index < -0.39 is 11.4 Å².